The molecule has 2 rings (SSSR count). The standard InChI is InChI=1S/C14H16FN3/c1-3-16-13-5-4-6-14(18-13)17-12-9-10(2)7-8-11(12)15/h4-9H,3H2,1-2H3,(H2,16,17,18). The van der Waals surface area contributed by atoms with Crippen LogP contribution in [0, 0.1) is 12.7 Å². The van der Waals surface area contributed by atoms with E-state index < -0.39 is 0 Å². The monoisotopic (exact) mass is 245 g/mol. The van der Waals surface area contributed by atoms with Gasteiger partial charge in [-0.1, -0.05) is 12.1 Å². The van der Waals surface area contributed by atoms with Crippen molar-refractivity contribution in [2.75, 3.05) is 17.2 Å². The van der Waals surface area contributed by atoms with E-state index in [0.29, 0.717) is 11.5 Å². The molecule has 4 heteroatoms. The van der Waals surface area contributed by atoms with Crippen molar-refractivity contribution in [1.29, 1.82) is 0 Å². The molecule has 1 aromatic heterocycles. The zero-order valence-corrected chi connectivity index (χ0v) is 10.5. The van der Waals surface area contributed by atoms with E-state index in [0.717, 1.165) is 17.9 Å². The molecule has 0 atom stereocenters. The minimum atomic E-state index is -0.281. The normalized spacial score (nSPS) is 10.2. The number of anilines is 3. The first kappa shape index (κ1) is 12.4. The minimum Gasteiger partial charge on any atom is -0.370 e. The summed E-state index contributed by atoms with van der Waals surface area (Å²) in [5, 5.41) is 6.10. The molecule has 2 N–H and O–H groups in total. The Bertz CT molecular complexity index is 540. The number of nitrogens with one attached hydrogen (secondary N) is 2. The van der Waals surface area contributed by atoms with Crippen molar-refractivity contribution in [2.24, 2.45) is 0 Å². The molecule has 0 aliphatic heterocycles. The molecule has 0 fully saturated rings. The van der Waals surface area contributed by atoms with Crippen molar-refractivity contribution in [2.45, 2.75) is 13.8 Å². The van der Waals surface area contributed by atoms with Crippen molar-refractivity contribution in [3.63, 3.8) is 0 Å². The van der Waals surface area contributed by atoms with Gasteiger partial charge in [-0.05, 0) is 43.7 Å². The van der Waals surface area contributed by atoms with E-state index in [2.05, 4.69) is 15.6 Å². The van der Waals surface area contributed by atoms with Crippen LogP contribution in [0.3, 0.4) is 0 Å². The SMILES string of the molecule is CCNc1cccc(Nc2cc(C)ccc2F)n1. The summed E-state index contributed by atoms with van der Waals surface area (Å²) in [6.45, 7) is 4.73. The van der Waals surface area contributed by atoms with E-state index >= 15 is 0 Å². The minimum absolute atomic E-state index is 0.281. The summed E-state index contributed by atoms with van der Waals surface area (Å²) < 4.78 is 13.6. The molecule has 18 heavy (non-hydrogen) atoms. The highest BCUT2D eigenvalue weighted by molar-refractivity contribution is 5.59. The number of benzene rings is 1. The molecule has 3 nitrogen and oxygen atoms in total. The molecule has 0 spiro atoms. The predicted octanol–water partition coefficient (Wildman–Crippen LogP) is 3.70. The highest BCUT2D eigenvalue weighted by atomic mass is 19.1. The van der Waals surface area contributed by atoms with Gasteiger partial charge in [0.15, 0.2) is 0 Å². The quantitative estimate of drug-likeness (QED) is 0.862. The van der Waals surface area contributed by atoms with Crippen LogP contribution >= 0.6 is 0 Å². The van der Waals surface area contributed by atoms with Crippen LogP contribution in [0.1, 0.15) is 12.5 Å². The van der Waals surface area contributed by atoms with Crippen molar-refractivity contribution in [1.82, 2.24) is 4.98 Å². The molecular formula is C14H16FN3. The Morgan fingerprint density at radius 3 is 2.72 bits per heavy atom. The van der Waals surface area contributed by atoms with Gasteiger partial charge in [0.2, 0.25) is 0 Å². The number of hydrogen-bond donors (Lipinski definition) is 2. The number of pyridine rings is 1. The topological polar surface area (TPSA) is 37.0 Å². The van der Waals surface area contributed by atoms with E-state index in [1.807, 2.05) is 32.0 Å². The van der Waals surface area contributed by atoms with Crippen LogP contribution in [0.4, 0.5) is 21.7 Å². The van der Waals surface area contributed by atoms with Gasteiger partial charge in [0.1, 0.15) is 17.5 Å². The molecule has 2 aromatic rings. The zero-order chi connectivity index (χ0) is 13.0. The van der Waals surface area contributed by atoms with Crippen molar-refractivity contribution in [3.05, 3.63) is 47.8 Å². The molecule has 0 saturated heterocycles. The van der Waals surface area contributed by atoms with Gasteiger partial charge in [0, 0.05) is 6.54 Å². The molecule has 1 heterocycles. The summed E-state index contributed by atoms with van der Waals surface area (Å²) in [5.74, 6) is 1.12. The maximum Gasteiger partial charge on any atom is 0.146 e. The second kappa shape index (κ2) is 5.49. The summed E-state index contributed by atoms with van der Waals surface area (Å²) in [6, 6.07) is 10.5. The van der Waals surface area contributed by atoms with Crippen molar-refractivity contribution >= 4 is 17.3 Å². The van der Waals surface area contributed by atoms with E-state index in [4.69, 9.17) is 0 Å². The first-order valence-corrected chi connectivity index (χ1v) is 5.93. The summed E-state index contributed by atoms with van der Waals surface area (Å²) in [5.41, 5.74) is 1.44. The Kier molecular flexibility index (Phi) is 3.77. The summed E-state index contributed by atoms with van der Waals surface area (Å²) in [6.07, 6.45) is 0. The van der Waals surface area contributed by atoms with Crippen LogP contribution in [0.2, 0.25) is 0 Å². The van der Waals surface area contributed by atoms with E-state index in [1.54, 1.807) is 12.1 Å². The second-order valence-corrected chi connectivity index (χ2v) is 4.05. The predicted molar refractivity (Wildman–Crippen MR) is 72.8 cm³/mol. The van der Waals surface area contributed by atoms with Gasteiger partial charge in [0.05, 0.1) is 5.69 Å². The molecule has 94 valence electrons. The zero-order valence-electron chi connectivity index (χ0n) is 10.5. The molecule has 0 aliphatic rings. The Balaban J connectivity index is 2.22. The lowest BCUT2D eigenvalue weighted by Crippen LogP contribution is -2.02. The Hall–Kier alpha value is -2.10. The maximum absolute atomic E-state index is 13.6. The molecule has 0 bridgehead atoms. The van der Waals surface area contributed by atoms with Crippen LogP contribution < -0.4 is 10.6 Å². The fraction of sp³-hybridized carbons (Fsp3) is 0.214. The molecular weight excluding hydrogens is 229 g/mol. The molecule has 0 radical (unpaired) electrons. The molecule has 0 unspecified atom stereocenters. The number of halogens is 1. The average Bonchev–Trinajstić information content (AvgIpc) is 2.35. The number of aromatic nitrogens is 1. The number of nitrogens with zero attached hydrogens (tertiary/aromatic N) is 1. The average molecular weight is 245 g/mol. The van der Waals surface area contributed by atoms with Gasteiger partial charge in [0.25, 0.3) is 0 Å². The van der Waals surface area contributed by atoms with E-state index in [1.165, 1.54) is 6.07 Å². The van der Waals surface area contributed by atoms with Crippen molar-refractivity contribution < 1.29 is 4.39 Å². The lowest BCUT2D eigenvalue weighted by Gasteiger charge is -2.09. The van der Waals surface area contributed by atoms with E-state index in [9.17, 15) is 4.39 Å². The lowest BCUT2D eigenvalue weighted by atomic mass is 10.2. The highest BCUT2D eigenvalue weighted by Crippen LogP contribution is 2.20. The molecule has 0 saturated carbocycles. The maximum atomic E-state index is 13.6. The molecule has 0 amide bonds. The van der Waals surface area contributed by atoms with Gasteiger partial charge in [-0.2, -0.15) is 0 Å². The number of aryl methyl sites for hydroxylation is 1. The fourth-order valence-electron chi connectivity index (χ4n) is 1.66. The van der Waals surface area contributed by atoms with Crippen LogP contribution in [0.5, 0.6) is 0 Å². The molecule has 0 aliphatic carbocycles. The second-order valence-electron chi connectivity index (χ2n) is 4.05. The van der Waals surface area contributed by atoms with Gasteiger partial charge >= 0.3 is 0 Å². The third-order valence-electron chi connectivity index (χ3n) is 2.49. The Morgan fingerprint density at radius 2 is 1.94 bits per heavy atom. The summed E-state index contributed by atoms with van der Waals surface area (Å²) in [7, 11) is 0. The smallest absolute Gasteiger partial charge is 0.146 e. The Morgan fingerprint density at radius 1 is 1.17 bits per heavy atom. The summed E-state index contributed by atoms with van der Waals surface area (Å²) >= 11 is 0. The van der Waals surface area contributed by atoms with Crippen LogP contribution in [-0.4, -0.2) is 11.5 Å². The van der Waals surface area contributed by atoms with Crippen LogP contribution in [-0.2, 0) is 0 Å². The Labute approximate surface area is 106 Å². The van der Waals surface area contributed by atoms with Gasteiger partial charge < -0.3 is 10.6 Å². The van der Waals surface area contributed by atoms with Crippen molar-refractivity contribution in [3.8, 4) is 0 Å². The van der Waals surface area contributed by atoms with Crippen LogP contribution in [0.15, 0.2) is 36.4 Å². The molecule has 1 aromatic carbocycles. The first-order chi connectivity index (χ1) is 8.69. The summed E-state index contributed by atoms with van der Waals surface area (Å²) in [4.78, 5) is 4.34. The first-order valence-electron chi connectivity index (χ1n) is 5.93. The van der Waals surface area contributed by atoms with Gasteiger partial charge in [-0.25, -0.2) is 9.37 Å². The van der Waals surface area contributed by atoms with Gasteiger partial charge in [-0.3, -0.25) is 0 Å². The van der Waals surface area contributed by atoms with Gasteiger partial charge in [-0.15, -0.1) is 0 Å². The lowest BCUT2D eigenvalue weighted by molar-refractivity contribution is 0.631. The largest absolute Gasteiger partial charge is 0.370 e. The number of rotatable bonds is 4. The van der Waals surface area contributed by atoms with Crippen LogP contribution in [0.25, 0.3) is 0 Å². The van der Waals surface area contributed by atoms with E-state index in [-0.39, 0.29) is 5.82 Å². The third kappa shape index (κ3) is 2.97. The fourth-order valence-corrected chi connectivity index (χ4v) is 1.66. The number of hydrogen-bond acceptors (Lipinski definition) is 3. The third-order valence-corrected chi connectivity index (χ3v) is 2.49. The highest BCUT2D eigenvalue weighted by Gasteiger charge is 2.03.